The Balaban J connectivity index is 2.09. The molecule has 0 spiro atoms. The summed E-state index contributed by atoms with van der Waals surface area (Å²) in [7, 11) is -1.85. The number of sulfone groups is 1. The molecule has 0 heterocycles. The summed E-state index contributed by atoms with van der Waals surface area (Å²) in [6.45, 7) is 1.23. The number of carbonyl (C=O) groups is 2. The summed E-state index contributed by atoms with van der Waals surface area (Å²) < 4.78 is 28.3. The molecule has 0 radical (unpaired) electrons. The first-order valence-electron chi connectivity index (χ1n) is 7.49. The van der Waals surface area contributed by atoms with E-state index in [4.69, 9.17) is 4.74 Å². The minimum absolute atomic E-state index is 0.0257. The fourth-order valence-electron chi connectivity index (χ4n) is 2.15. The molecule has 0 saturated heterocycles. The number of aryl methyl sites for hydroxylation is 1. The van der Waals surface area contributed by atoms with Crippen molar-refractivity contribution in [1.29, 1.82) is 0 Å². The summed E-state index contributed by atoms with van der Waals surface area (Å²) in [6, 6.07) is 13.2. The third-order valence-corrected chi connectivity index (χ3v) is 4.81. The van der Waals surface area contributed by atoms with E-state index in [9.17, 15) is 18.0 Å². The zero-order chi connectivity index (χ0) is 18.6. The summed E-state index contributed by atoms with van der Waals surface area (Å²) in [6.07, 6.45) is 1.06. The van der Waals surface area contributed by atoms with Gasteiger partial charge in [-0.25, -0.2) is 13.2 Å². The zero-order valence-electron chi connectivity index (χ0n) is 14.2. The van der Waals surface area contributed by atoms with Gasteiger partial charge in [-0.15, -0.1) is 0 Å². The molecule has 1 amide bonds. The zero-order valence-corrected chi connectivity index (χ0v) is 15.0. The van der Waals surface area contributed by atoms with Gasteiger partial charge in [0, 0.05) is 19.0 Å². The highest BCUT2D eigenvalue weighted by Crippen LogP contribution is 2.17. The third kappa shape index (κ3) is 4.67. The maximum Gasteiger partial charge on any atom is 0.338 e. The molecule has 7 heteroatoms. The Labute approximate surface area is 146 Å². The van der Waals surface area contributed by atoms with Crippen LogP contribution in [0.3, 0.4) is 0 Å². The van der Waals surface area contributed by atoms with Crippen LogP contribution < -0.4 is 4.90 Å². The lowest BCUT2D eigenvalue weighted by Gasteiger charge is -2.17. The van der Waals surface area contributed by atoms with Gasteiger partial charge in [0.05, 0.1) is 10.5 Å². The number of likely N-dealkylation sites (N-methyl/N-ethyl adjacent to an activating group) is 1. The molecule has 6 nitrogen and oxygen atoms in total. The van der Waals surface area contributed by atoms with Gasteiger partial charge in [0.25, 0.3) is 5.91 Å². The second kappa shape index (κ2) is 7.48. The van der Waals surface area contributed by atoms with Crippen LogP contribution in [-0.2, 0) is 19.4 Å². The van der Waals surface area contributed by atoms with Crippen LogP contribution in [0.5, 0.6) is 0 Å². The van der Waals surface area contributed by atoms with Crippen molar-refractivity contribution in [3.05, 3.63) is 59.7 Å². The van der Waals surface area contributed by atoms with Crippen LogP contribution in [0.1, 0.15) is 15.9 Å². The number of hydrogen-bond donors (Lipinski definition) is 0. The van der Waals surface area contributed by atoms with E-state index in [1.165, 1.54) is 23.1 Å². The first-order chi connectivity index (χ1) is 11.7. The standard InChI is InChI=1S/C18H19NO5S/c1-13-9-10-15(25(3,22)23)11-16(13)18(21)24-12-17(20)19(2)14-7-5-4-6-8-14/h4-11H,12H2,1-3H3. The van der Waals surface area contributed by atoms with Crippen LogP contribution in [-0.4, -0.2) is 40.2 Å². The number of anilines is 1. The highest BCUT2D eigenvalue weighted by molar-refractivity contribution is 7.90. The summed E-state index contributed by atoms with van der Waals surface area (Å²) in [4.78, 5) is 25.8. The smallest absolute Gasteiger partial charge is 0.338 e. The minimum atomic E-state index is -3.44. The number of nitrogens with zero attached hydrogens (tertiary/aromatic N) is 1. The Morgan fingerprint density at radius 3 is 2.32 bits per heavy atom. The monoisotopic (exact) mass is 361 g/mol. The van der Waals surface area contributed by atoms with Gasteiger partial charge in [0.2, 0.25) is 0 Å². The first-order valence-corrected chi connectivity index (χ1v) is 9.38. The molecular weight excluding hydrogens is 342 g/mol. The van der Waals surface area contributed by atoms with Gasteiger partial charge in [-0.2, -0.15) is 0 Å². The number of esters is 1. The van der Waals surface area contributed by atoms with Crippen molar-refractivity contribution in [1.82, 2.24) is 0 Å². The fraction of sp³-hybridized carbons (Fsp3) is 0.222. The van der Waals surface area contributed by atoms with Crippen molar-refractivity contribution in [3.8, 4) is 0 Å². The van der Waals surface area contributed by atoms with Gasteiger partial charge in [-0.05, 0) is 36.8 Å². The van der Waals surface area contributed by atoms with Gasteiger partial charge in [-0.3, -0.25) is 4.79 Å². The maximum absolute atomic E-state index is 12.2. The van der Waals surface area contributed by atoms with Crippen LogP contribution in [0, 0.1) is 6.92 Å². The topological polar surface area (TPSA) is 80.7 Å². The Morgan fingerprint density at radius 1 is 1.08 bits per heavy atom. The third-order valence-electron chi connectivity index (χ3n) is 3.70. The van der Waals surface area contributed by atoms with Crippen LogP contribution in [0.25, 0.3) is 0 Å². The van der Waals surface area contributed by atoms with Crippen molar-refractivity contribution < 1.29 is 22.7 Å². The summed E-state index contributed by atoms with van der Waals surface area (Å²) in [5, 5.41) is 0. The van der Waals surface area contributed by atoms with Crippen molar-refractivity contribution in [3.63, 3.8) is 0 Å². The van der Waals surface area contributed by atoms with E-state index in [2.05, 4.69) is 0 Å². The Hall–Kier alpha value is -2.67. The largest absolute Gasteiger partial charge is 0.452 e. The van der Waals surface area contributed by atoms with Gasteiger partial charge in [0.15, 0.2) is 16.4 Å². The van der Waals surface area contributed by atoms with E-state index in [0.29, 0.717) is 11.3 Å². The number of para-hydroxylation sites is 1. The first kappa shape index (κ1) is 18.7. The van der Waals surface area contributed by atoms with Crippen LogP contribution in [0.15, 0.2) is 53.4 Å². The lowest BCUT2D eigenvalue weighted by atomic mass is 10.1. The maximum atomic E-state index is 12.2. The molecule has 2 aromatic rings. The van der Waals surface area contributed by atoms with Crippen LogP contribution >= 0.6 is 0 Å². The summed E-state index contributed by atoms with van der Waals surface area (Å²) in [5.41, 5.74) is 1.37. The number of hydrogen-bond acceptors (Lipinski definition) is 5. The van der Waals surface area contributed by atoms with Crippen LogP contribution in [0.4, 0.5) is 5.69 Å². The molecule has 0 saturated carbocycles. The molecule has 2 aromatic carbocycles. The summed E-state index contributed by atoms with van der Waals surface area (Å²) >= 11 is 0. The number of amides is 1. The molecule has 0 aliphatic heterocycles. The molecule has 25 heavy (non-hydrogen) atoms. The average Bonchev–Trinajstić information content (AvgIpc) is 2.58. The average molecular weight is 361 g/mol. The highest BCUT2D eigenvalue weighted by atomic mass is 32.2. The normalized spacial score (nSPS) is 11.0. The SMILES string of the molecule is Cc1ccc(S(C)(=O)=O)cc1C(=O)OCC(=O)N(C)c1ccccc1. The predicted octanol–water partition coefficient (Wildman–Crippen LogP) is 2.22. The number of benzene rings is 2. The highest BCUT2D eigenvalue weighted by Gasteiger charge is 2.18. The van der Waals surface area contributed by atoms with E-state index in [1.807, 2.05) is 6.07 Å². The molecule has 0 fully saturated rings. The molecule has 0 aliphatic rings. The molecule has 0 aliphatic carbocycles. The molecule has 0 unspecified atom stereocenters. The van der Waals surface area contributed by atoms with Crippen molar-refractivity contribution in [2.45, 2.75) is 11.8 Å². The van der Waals surface area contributed by atoms with E-state index < -0.39 is 28.3 Å². The van der Waals surface area contributed by atoms with Gasteiger partial charge in [0.1, 0.15) is 0 Å². The molecule has 0 aromatic heterocycles. The molecule has 132 valence electrons. The summed E-state index contributed by atoms with van der Waals surface area (Å²) in [5.74, 6) is -1.13. The lowest BCUT2D eigenvalue weighted by Crippen LogP contribution is -2.31. The predicted molar refractivity (Wildman–Crippen MR) is 94.4 cm³/mol. The number of rotatable bonds is 5. The van der Waals surface area contributed by atoms with E-state index in [-0.39, 0.29) is 10.5 Å². The van der Waals surface area contributed by atoms with E-state index >= 15 is 0 Å². The minimum Gasteiger partial charge on any atom is -0.452 e. The molecule has 0 bridgehead atoms. The quantitative estimate of drug-likeness (QED) is 0.763. The van der Waals surface area contributed by atoms with Crippen molar-refractivity contribution >= 4 is 27.4 Å². The Morgan fingerprint density at radius 2 is 1.72 bits per heavy atom. The van der Waals surface area contributed by atoms with E-state index in [0.717, 1.165) is 6.26 Å². The molecule has 0 N–H and O–H groups in total. The second-order valence-corrected chi connectivity index (χ2v) is 7.63. The molecular formula is C18H19NO5S. The van der Waals surface area contributed by atoms with Gasteiger partial charge in [-0.1, -0.05) is 24.3 Å². The fourth-order valence-corrected chi connectivity index (χ4v) is 2.80. The van der Waals surface area contributed by atoms with Crippen LogP contribution in [0.2, 0.25) is 0 Å². The van der Waals surface area contributed by atoms with Gasteiger partial charge >= 0.3 is 5.97 Å². The van der Waals surface area contributed by atoms with E-state index in [1.54, 1.807) is 38.2 Å². The number of carbonyl (C=O) groups excluding carboxylic acids is 2. The molecule has 0 atom stereocenters. The lowest BCUT2D eigenvalue weighted by molar-refractivity contribution is -0.121. The molecule has 2 rings (SSSR count). The Bertz CT molecular complexity index is 891. The Kier molecular flexibility index (Phi) is 5.58. The second-order valence-electron chi connectivity index (χ2n) is 5.61. The van der Waals surface area contributed by atoms with Gasteiger partial charge < -0.3 is 9.64 Å². The van der Waals surface area contributed by atoms with Crippen molar-refractivity contribution in [2.24, 2.45) is 0 Å². The van der Waals surface area contributed by atoms with Crippen molar-refractivity contribution in [2.75, 3.05) is 24.8 Å². The number of ether oxygens (including phenoxy) is 1.